The van der Waals surface area contributed by atoms with Crippen LogP contribution in [0.2, 0.25) is 0 Å². The number of nitrogens with zero attached hydrogens (tertiary/aromatic N) is 2. The largest absolute Gasteiger partial charge is 0.489 e. The van der Waals surface area contributed by atoms with Crippen LogP contribution in [0.3, 0.4) is 0 Å². The number of aromatic nitrogens is 3. The minimum Gasteiger partial charge on any atom is -0.489 e. The number of rotatable bonds is 7. The van der Waals surface area contributed by atoms with Crippen LogP contribution in [0.1, 0.15) is 32.2 Å². The zero-order chi connectivity index (χ0) is 21.8. The van der Waals surface area contributed by atoms with Gasteiger partial charge in [0.1, 0.15) is 17.4 Å². The van der Waals surface area contributed by atoms with Gasteiger partial charge in [0.05, 0.1) is 5.52 Å². The van der Waals surface area contributed by atoms with Crippen LogP contribution in [0.4, 0.5) is 0 Å². The van der Waals surface area contributed by atoms with Gasteiger partial charge in [-0.3, -0.25) is 14.6 Å². The summed E-state index contributed by atoms with van der Waals surface area (Å²) in [5.74, 6) is 0.508. The van der Waals surface area contributed by atoms with Gasteiger partial charge in [0.2, 0.25) is 0 Å². The van der Waals surface area contributed by atoms with Crippen LogP contribution in [0, 0.1) is 13.8 Å². The summed E-state index contributed by atoms with van der Waals surface area (Å²) >= 11 is 1.05. The van der Waals surface area contributed by atoms with Crippen molar-refractivity contribution in [2.75, 3.05) is 6.54 Å². The number of ether oxygens (including phenoxy) is 1. The van der Waals surface area contributed by atoms with E-state index in [0.717, 1.165) is 39.1 Å². The van der Waals surface area contributed by atoms with E-state index in [-0.39, 0.29) is 10.8 Å². The second-order valence-electron chi connectivity index (χ2n) is 7.22. The normalized spacial score (nSPS) is 10.9. The highest BCUT2D eigenvalue weighted by Crippen LogP contribution is 2.23. The van der Waals surface area contributed by atoms with E-state index < -0.39 is 0 Å². The minimum atomic E-state index is -0.193. The summed E-state index contributed by atoms with van der Waals surface area (Å²) in [7, 11) is 0. The molecule has 0 atom stereocenters. The summed E-state index contributed by atoms with van der Waals surface area (Å²) in [6, 6.07) is 15.2. The van der Waals surface area contributed by atoms with Crippen molar-refractivity contribution in [1.29, 1.82) is 0 Å². The maximum Gasteiger partial charge on any atom is 0.322 e. The van der Waals surface area contributed by atoms with Crippen molar-refractivity contribution in [3.05, 3.63) is 85.6 Å². The second kappa shape index (κ2) is 9.09. The zero-order valence-corrected chi connectivity index (χ0v) is 18.1. The molecule has 0 radical (unpaired) electrons. The second-order valence-corrected chi connectivity index (χ2v) is 8.27. The molecule has 7 nitrogen and oxygen atoms in total. The summed E-state index contributed by atoms with van der Waals surface area (Å²) in [6.07, 6.45) is 0.509. The van der Waals surface area contributed by atoms with Crippen LogP contribution in [0.15, 0.2) is 53.3 Å². The Labute approximate surface area is 183 Å². The number of aromatic amines is 1. The van der Waals surface area contributed by atoms with E-state index >= 15 is 0 Å². The van der Waals surface area contributed by atoms with E-state index in [2.05, 4.69) is 39.6 Å². The van der Waals surface area contributed by atoms with Gasteiger partial charge in [-0.05, 0) is 49.7 Å². The van der Waals surface area contributed by atoms with Gasteiger partial charge in [-0.15, -0.1) is 0 Å². The van der Waals surface area contributed by atoms with Crippen LogP contribution >= 0.6 is 11.3 Å². The van der Waals surface area contributed by atoms with Crippen LogP contribution in [-0.4, -0.2) is 27.6 Å². The first kappa shape index (κ1) is 20.7. The van der Waals surface area contributed by atoms with Crippen LogP contribution < -0.4 is 14.9 Å². The van der Waals surface area contributed by atoms with Gasteiger partial charge in [-0.2, -0.15) is 5.10 Å². The molecule has 0 aliphatic carbocycles. The Balaban J connectivity index is 1.37. The molecule has 4 rings (SSSR count). The van der Waals surface area contributed by atoms with Gasteiger partial charge in [-0.1, -0.05) is 29.5 Å². The standard InChI is InChI=1S/C23H22N4O3S/c1-14-4-3-5-19-17(12-15(2)25-21(14)19)13-30-18-8-6-16(7-9-18)22(28)24-11-10-20-26-27-23(29)31-20/h3-9,12H,10-11,13H2,1-2H3,(H,24,28)(H,27,29). The van der Waals surface area contributed by atoms with Crippen molar-refractivity contribution in [1.82, 2.24) is 20.5 Å². The number of hydrogen-bond donors (Lipinski definition) is 2. The lowest BCUT2D eigenvalue weighted by atomic mass is 10.1. The van der Waals surface area contributed by atoms with E-state index in [1.54, 1.807) is 24.3 Å². The minimum absolute atomic E-state index is 0.180. The molecular weight excluding hydrogens is 412 g/mol. The molecule has 0 aliphatic heterocycles. The average Bonchev–Trinajstić information content (AvgIpc) is 3.18. The number of benzene rings is 2. The molecule has 0 spiro atoms. The number of para-hydroxylation sites is 1. The van der Waals surface area contributed by atoms with Gasteiger partial charge in [0.25, 0.3) is 5.91 Å². The van der Waals surface area contributed by atoms with Crippen LogP contribution in [0.5, 0.6) is 5.75 Å². The molecular formula is C23H22N4O3S. The van der Waals surface area contributed by atoms with E-state index in [4.69, 9.17) is 4.74 Å². The maximum atomic E-state index is 12.3. The molecule has 2 N–H and O–H groups in total. The van der Waals surface area contributed by atoms with Crippen molar-refractivity contribution in [2.45, 2.75) is 26.9 Å². The number of nitrogens with one attached hydrogen (secondary N) is 2. The van der Waals surface area contributed by atoms with E-state index in [0.29, 0.717) is 35.9 Å². The Kier molecular flexibility index (Phi) is 6.08. The van der Waals surface area contributed by atoms with Gasteiger partial charge in [-0.25, -0.2) is 5.10 Å². The molecule has 0 saturated carbocycles. The Hall–Kier alpha value is -3.52. The molecule has 2 aromatic carbocycles. The highest BCUT2D eigenvalue weighted by atomic mass is 32.1. The molecule has 0 bridgehead atoms. The van der Waals surface area contributed by atoms with Crippen molar-refractivity contribution in [3.8, 4) is 5.75 Å². The number of fused-ring (bicyclic) bond motifs is 1. The van der Waals surface area contributed by atoms with E-state index in [1.807, 2.05) is 19.1 Å². The first-order chi connectivity index (χ1) is 15.0. The van der Waals surface area contributed by atoms with Crippen molar-refractivity contribution < 1.29 is 9.53 Å². The van der Waals surface area contributed by atoms with Gasteiger partial charge < -0.3 is 10.1 Å². The lowest BCUT2D eigenvalue weighted by molar-refractivity contribution is 0.0954. The van der Waals surface area contributed by atoms with Crippen molar-refractivity contribution in [2.24, 2.45) is 0 Å². The van der Waals surface area contributed by atoms with Gasteiger partial charge >= 0.3 is 4.87 Å². The summed E-state index contributed by atoms with van der Waals surface area (Å²) in [5, 5.41) is 10.8. The Morgan fingerprint density at radius 2 is 1.97 bits per heavy atom. The number of amides is 1. The Morgan fingerprint density at radius 3 is 2.71 bits per heavy atom. The lowest BCUT2D eigenvalue weighted by Crippen LogP contribution is -2.25. The highest BCUT2D eigenvalue weighted by molar-refractivity contribution is 7.08. The predicted octanol–water partition coefficient (Wildman–Crippen LogP) is 3.55. The van der Waals surface area contributed by atoms with Gasteiger partial charge in [0.15, 0.2) is 0 Å². The van der Waals surface area contributed by atoms with Crippen LogP contribution in [0.25, 0.3) is 10.9 Å². The van der Waals surface area contributed by atoms with Crippen molar-refractivity contribution in [3.63, 3.8) is 0 Å². The Bertz CT molecular complexity index is 1280. The summed E-state index contributed by atoms with van der Waals surface area (Å²) in [6.45, 7) is 4.86. The average molecular weight is 435 g/mol. The topological polar surface area (TPSA) is 97.0 Å². The number of aryl methyl sites for hydroxylation is 2. The molecule has 31 heavy (non-hydrogen) atoms. The third-order valence-corrected chi connectivity index (χ3v) is 5.68. The van der Waals surface area contributed by atoms with E-state index in [9.17, 15) is 9.59 Å². The summed E-state index contributed by atoms with van der Waals surface area (Å²) in [5.41, 5.74) is 4.71. The molecule has 2 aromatic heterocycles. The first-order valence-electron chi connectivity index (χ1n) is 9.91. The van der Waals surface area contributed by atoms with E-state index in [1.165, 1.54) is 0 Å². The molecule has 0 unspecified atom stereocenters. The quantitative estimate of drug-likeness (QED) is 0.464. The number of carbonyl (C=O) groups is 1. The monoisotopic (exact) mass is 434 g/mol. The summed E-state index contributed by atoms with van der Waals surface area (Å²) in [4.78, 5) is 27.8. The number of pyridine rings is 1. The fraction of sp³-hybridized carbons (Fsp3) is 0.217. The molecule has 8 heteroatoms. The Morgan fingerprint density at radius 1 is 1.16 bits per heavy atom. The third-order valence-electron chi connectivity index (χ3n) is 4.87. The fourth-order valence-corrected chi connectivity index (χ4v) is 3.94. The fourth-order valence-electron chi connectivity index (χ4n) is 3.34. The van der Waals surface area contributed by atoms with Crippen molar-refractivity contribution >= 4 is 28.1 Å². The molecule has 0 saturated heterocycles. The third kappa shape index (κ3) is 4.97. The van der Waals surface area contributed by atoms with Crippen LogP contribution in [-0.2, 0) is 13.0 Å². The smallest absolute Gasteiger partial charge is 0.322 e. The number of hydrogen-bond acceptors (Lipinski definition) is 6. The predicted molar refractivity (Wildman–Crippen MR) is 121 cm³/mol. The molecule has 1 amide bonds. The lowest BCUT2D eigenvalue weighted by Gasteiger charge is -2.12. The molecule has 0 aliphatic rings. The number of carbonyl (C=O) groups excluding carboxylic acids is 1. The maximum absolute atomic E-state index is 12.3. The SMILES string of the molecule is Cc1cc(COc2ccc(C(=O)NCCc3n[nH]c(=O)s3)cc2)c2cccc(C)c2n1. The molecule has 2 heterocycles. The number of H-pyrrole nitrogens is 1. The first-order valence-corrected chi connectivity index (χ1v) is 10.7. The molecule has 4 aromatic rings. The zero-order valence-electron chi connectivity index (χ0n) is 17.3. The highest BCUT2D eigenvalue weighted by Gasteiger charge is 2.09. The molecule has 158 valence electrons. The summed E-state index contributed by atoms with van der Waals surface area (Å²) < 4.78 is 5.97. The molecule has 0 fully saturated rings. The van der Waals surface area contributed by atoms with Gasteiger partial charge in [0, 0.05) is 35.2 Å².